The van der Waals surface area contributed by atoms with Gasteiger partial charge < -0.3 is 9.80 Å². The topological polar surface area (TPSA) is 52.6 Å². The minimum absolute atomic E-state index is 0.315. The Kier molecular flexibility index (Phi) is 6.68. The maximum absolute atomic E-state index is 12.8. The number of likely N-dealkylation sites (tertiary alicyclic amines) is 1. The Morgan fingerprint density at radius 2 is 1.89 bits per heavy atom. The van der Waals surface area contributed by atoms with Gasteiger partial charge in [0.05, 0.1) is 6.54 Å². The molecule has 6 heteroatoms. The summed E-state index contributed by atoms with van der Waals surface area (Å²) in [6.45, 7) is 13.7. The number of nitrogens with zero attached hydrogens (tertiary/aromatic N) is 5. The molecule has 0 aliphatic carbocycles. The van der Waals surface area contributed by atoms with Gasteiger partial charge in [0.15, 0.2) is 0 Å². The first-order valence-electron chi connectivity index (χ1n) is 10.6. The van der Waals surface area contributed by atoms with Gasteiger partial charge in [0.2, 0.25) is 5.91 Å². The van der Waals surface area contributed by atoms with E-state index in [0.717, 1.165) is 62.9 Å². The molecule has 0 bridgehead atoms. The summed E-state index contributed by atoms with van der Waals surface area (Å²) >= 11 is 0. The molecule has 2 aliphatic heterocycles. The smallest absolute Gasteiger partial charge is 0.236 e. The van der Waals surface area contributed by atoms with Gasteiger partial charge in [-0.2, -0.15) is 0 Å². The number of hydrogen-bond donors (Lipinski definition) is 0. The van der Waals surface area contributed by atoms with Crippen molar-refractivity contribution in [2.75, 3.05) is 44.2 Å². The van der Waals surface area contributed by atoms with Crippen LogP contribution in [0.5, 0.6) is 0 Å². The first kappa shape index (κ1) is 20.1. The highest BCUT2D eigenvalue weighted by Gasteiger charge is 2.28. The van der Waals surface area contributed by atoms with Crippen LogP contribution in [-0.2, 0) is 4.79 Å². The van der Waals surface area contributed by atoms with E-state index in [-0.39, 0.29) is 0 Å². The van der Waals surface area contributed by atoms with Crippen LogP contribution in [0, 0.1) is 6.92 Å². The average Bonchev–Trinajstić information content (AvgIpc) is 2.68. The van der Waals surface area contributed by atoms with Crippen molar-refractivity contribution < 1.29 is 4.79 Å². The molecular formula is C21H35N5O. The highest BCUT2D eigenvalue weighted by atomic mass is 16.2. The summed E-state index contributed by atoms with van der Waals surface area (Å²) in [6, 6.07) is 2.53. The maximum atomic E-state index is 12.8. The van der Waals surface area contributed by atoms with E-state index >= 15 is 0 Å². The van der Waals surface area contributed by atoms with Gasteiger partial charge in [0.1, 0.15) is 11.6 Å². The van der Waals surface area contributed by atoms with Crippen molar-refractivity contribution in [3.05, 3.63) is 17.6 Å². The van der Waals surface area contributed by atoms with Crippen molar-refractivity contribution in [2.45, 2.75) is 65.3 Å². The second-order valence-electron chi connectivity index (χ2n) is 8.29. The van der Waals surface area contributed by atoms with Crippen molar-refractivity contribution in [3.63, 3.8) is 0 Å². The third-order valence-corrected chi connectivity index (χ3v) is 5.85. The average molecular weight is 374 g/mol. The van der Waals surface area contributed by atoms with E-state index in [1.807, 2.05) is 6.92 Å². The molecule has 3 rings (SSSR count). The summed E-state index contributed by atoms with van der Waals surface area (Å²) in [5.41, 5.74) is 1.03. The predicted molar refractivity (Wildman–Crippen MR) is 109 cm³/mol. The summed E-state index contributed by atoms with van der Waals surface area (Å²) < 4.78 is 0. The number of carbonyl (C=O) groups is 1. The predicted octanol–water partition coefficient (Wildman–Crippen LogP) is 2.82. The molecule has 1 aromatic heterocycles. The maximum Gasteiger partial charge on any atom is 0.236 e. The molecule has 2 aliphatic rings. The molecule has 1 aromatic rings. The van der Waals surface area contributed by atoms with Gasteiger partial charge in [-0.25, -0.2) is 9.97 Å². The van der Waals surface area contributed by atoms with Crippen molar-refractivity contribution in [1.29, 1.82) is 0 Å². The molecule has 0 aromatic carbocycles. The summed E-state index contributed by atoms with van der Waals surface area (Å²) in [5, 5.41) is 0. The SMILES string of the molecule is CCC1CCCCN1C(=O)CN1CCN(c2cc(C)nc(C(C)C)n2)CC1. The zero-order chi connectivity index (χ0) is 19.4. The zero-order valence-corrected chi connectivity index (χ0v) is 17.4. The van der Waals surface area contributed by atoms with Crippen molar-refractivity contribution in [1.82, 2.24) is 19.8 Å². The van der Waals surface area contributed by atoms with Crippen LogP contribution in [0.4, 0.5) is 5.82 Å². The third-order valence-electron chi connectivity index (χ3n) is 5.85. The number of carbonyl (C=O) groups excluding carboxylic acids is 1. The molecule has 6 nitrogen and oxygen atoms in total. The fourth-order valence-electron chi connectivity index (χ4n) is 4.17. The molecule has 1 unspecified atom stereocenters. The molecule has 27 heavy (non-hydrogen) atoms. The molecule has 2 fully saturated rings. The highest BCUT2D eigenvalue weighted by Crippen LogP contribution is 2.21. The van der Waals surface area contributed by atoms with Gasteiger partial charge in [-0.1, -0.05) is 20.8 Å². The fraction of sp³-hybridized carbons (Fsp3) is 0.762. The van der Waals surface area contributed by atoms with E-state index in [0.29, 0.717) is 24.4 Å². The van der Waals surface area contributed by atoms with Gasteiger partial charge >= 0.3 is 0 Å². The fourth-order valence-corrected chi connectivity index (χ4v) is 4.17. The first-order valence-corrected chi connectivity index (χ1v) is 10.6. The van der Waals surface area contributed by atoms with Gasteiger partial charge in [-0.15, -0.1) is 0 Å². The van der Waals surface area contributed by atoms with Crippen LogP contribution in [0.1, 0.15) is 63.9 Å². The number of piperidine rings is 1. The number of aromatic nitrogens is 2. The van der Waals surface area contributed by atoms with Gasteiger partial charge in [0.25, 0.3) is 0 Å². The molecule has 0 spiro atoms. The van der Waals surface area contributed by atoms with Crippen LogP contribution in [0.2, 0.25) is 0 Å². The summed E-state index contributed by atoms with van der Waals surface area (Å²) in [4.78, 5) is 28.9. The number of anilines is 1. The molecule has 150 valence electrons. The monoisotopic (exact) mass is 373 g/mol. The minimum Gasteiger partial charge on any atom is -0.354 e. The highest BCUT2D eigenvalue weighted by molar-refractivity contribution is 5.78. The Balaban J connectivity index is 1.55. The van der Waals surface area contributed by atoms with E-state index in [1.165, 1.54) is 12.8 Å². The lowest BCUT2D eigenvalue weighted by molar-refractivity contribution is -0.136. The molecule has 0 radical (unpaired) electrons. The first-order chi connectivity index (χ1) is 13.0. The molecule has 3 heterocycles. The lowest BCUT2D eigenvalue weighted by Gasteiger charge is -2.39. The number of hydrogen-bond acceptors (Lipinski definition) is 5. The Morgan fingerprint density at radius 3 is 2.56 bits per heavy atom. The third kappa shape index (κ3) is 4.98. The lowest BCUT2D eigenvalue weighted by atomic mass is 10.00. The molecule has 1 atom stereocenters. The molecule has 2 saturated heterocycles. The molecular weight excluding hydrogens is 338 g/mol. The summed E-state index contributed by atoms with van der Waals surface area (Å²) in [5.74, 6) is 2.59. The molecule has 0 saturated carbocycles. The van der Waals surface area contributed by atoms with Crippen molar-refractivity contribution >= 4 is 11.7 Å². The Morgan fingerprint density at radius 1 is 1.15 bits per heavy atom. The second-order valence-corrected chi connectivity index (χ2v) is 8.29. The molecule has 0 N–H and O–H groups in total. The van der Waals surface area contributed by atoms with Gasteiger partial charge in [0, 0.05) is 56.4 Å². The normalized spacial score (nSPS) is 21.7. The minimum atomic E-state index is 0.315. The summed E-state index contributed by atoms with van der Waals surface area (Å²) in [6.07, 6.45) is 4.66. The lowest BCUT2D eigenvalue weighted by Crippen LogP contribution is -2.52. The van der Waals surface area contributed by atoms with Crippen LogP contribution in [0.25, 0.3) is 0 Å². The van der Waals surface area contributed by atoms with E-state index in [9.17, 15) is 4.79 Å². The van der Waals surface area contributed by atoms with Crippen LogP contribution >= 0.6 is 0 Å². The van der Waals surface area contributed by atoms with Crippen LogP contribution in [-0.4, -0.2) is 71.0 Å². The Hall–Kier alpha value is -1.69. The summed E-state index contributed by atoms with van der Waals surface area (Å²) in [7, 11) is 0. The largest absolute Gasteiger partial charge is 0.354 e. The van der Waals surface area contributed by atoms with E-state index in [4.69, 9.17) is 4.98 Å². The van der Waals surface area contributed by atoms with E-state index < -0.39 is 0 Å². The number of amides is 1. The van der Waals surface area contributed by atoms with Crippen LogP contribution < -0.4 is 4.90 Å². The van der Waals surface area contributed by atoms with Crippen LogP contribution in [0.3, 0.4) is 0 Å². The molecule has 1 amide bonds. The van der Waals surface area contributed by atoms with Gasteiger partial charge in [-0.3, -0.25) is 9.69 Å². The van der Waals surface area contributed by atoms with E-state index in [1.54, 1.807) is 0 Å². The van der Waals surface area contributed by atoms with Crippen molar-refractivity contribution in [2.24, 2.45) is 0 Å². The van der Waals surface area contributed by atoms with Crippen molar-refractivity contribution in [3.8, 4) is 0 Å². The zero-order valence-electron chi connectivity index (χ0n) is 17.4. The van der Waals surface area contributed by atoms with E-state index in [2.05, 4.69) is 46.5 Å². The number of piperazine rings is 1. The Bertz CT molecular complexity index is 639. The standard InChI is InChI=1S/C21H35N5O/c1-5-18-8-6-7-9-26(18)20(27)15-24-10-12-25(13-11-24)19-14-17(4)22-21(23-19)16(2)3/h14,16,18H,5-13,15H2,1-4H3. The Labute approximate surface area is 164 Å². The number of rotatable bonds is 5. The van der Waals surface area contributed by atoms with Gasteiger partial charge in [-0.05, 0) is 32.6 Å². The quantitative estimate of drug-likeness (QED) is 0.794. The number of aryl methyl sites for hydroxylation is 1. The van der Waals surface area contributed by atoms with Crippen LogP contribution in [0.15, 0.2) is 6.07 Å². The second kappa shape index (κ2) is 9.00.